The molecule has 1 aliphatic heterocycles. The highest BCUT2D eigenvalue weighted by atomic mass is 79.9. The fourth-order valence-corrected chi connectivity index (χ4v) is 2.60. The molecule has 100 valence electrons. The molecule has 1 unspecified atom stereocenters. The van der Waals surface area contributed by atoms with Crippen LogP contribution in [0.15, 0.2) is 22.7 Å². The van der Waals surface area contributed by atoms with Gasteiger partial charge in [0.15, 0.2) is 0 Å². The maximum Gasteiger partial charge on any atom is 0.418 e. The average Bonchev–Trinajstić information content (AvgIpc) is 2.27. The molecule has 0 amide bonds. The van der Waals surface area contributed by atoms with Gasteiger partial charge >= 0.3 is 6.18 Å². The van der Waals surface area contributed by atoms with Crippen LogP contribution in [0.2, 0.25) is 0 Å². The lowest BCUT2D eigenvalue weighted by Crippen LogP contribution is -2.43. The second-order valence-electron chi connectivity index (χ2n) is 4.51. The van der Waals surface area contributed by atoms with Gasteiger partial charge in [0, 0.05) is 29.3 Å². The third-order valence-corrected chi connectivity index (χ3v) is 3.56. The number of nitrogens with zero attached hydrogens (tertiary/aromatic N) is 1. The van der Waals surface area contributed by atoms with E-state index in [9.17, 15) is 13.2 Å². The first kappa shape index (κ1) is 13.7. The minimum absolute atomic E-state index is 0.0523. The molecule has 0 saturated carbocycles. The molecule has 1 aliphatic rings. The average molecular weight is 323 g/mol. The standard InChI is InChI=1S/C12H14BrF3N2/c13-8-3-4-11(10(6-8)12(14,15)16)18-5-1-2-9(17)7-18/h3-4,6,9H,1-2,5,7,17H2. The molecule has 1 aromatic rings. The van der Waals surface area contributed by atoms with Crippen LogP contribution in [0.3, 0.4) is 0 Å². The highest BCUT2D eigenvalue weighted by Crippen LogP contribution is 2.38. The van der Waals surface area contributed by atoms with Crippen molar-refractivity contribution >= 4 is 21.6 Å². The fourth-order valence-electron chi connectivity index (χ4n) is 2.24. The zero-order valence-electron chi connectivity index (χ0n) is 9.67. The normalized spacial score (nSPS) is 21.2. The second kappa shape index (κ2) is 5.09. The summed E-state index contributed by atoms with van der Waals surface area (Å²) < 4.78 is 39.4. The lowest BCUT2D eigenvalue weighted by atomic mass is 10.0. The van der Waals surface area contributed by atoms with E-state index in [4.69, 9.17) is 5.73 Å². The van der Waals surface area contributed by atoms with Crippen LogP contribution in [0.5, 0.6) is 0 Å². The number of rotatable bonds is 1. The maximum absolute atomic E-state index is 13.0. The first-order chi connectivity index (χ1) is 8.38. The van der Waals surface area contributed by atoms with Gasteiger partial charge in [0.05, 0.1) is 5.56 Å². The van der Waals surface area contributed by atoms with Crippen LogP contribution in [-0.4, -0.2) is 19.1 Å². The lowest BCUT2D eigenvalue weighted by Gasteiger charge is -2.34. The Morgan fingerprint density at radius 1 is 1.33 bits per heavy atom. The molecule has 6 heteroatoms. The SMILES string of the molecule is NC1CCCN(c2ccc(Br)cc2C(F)(F)F)C1. The van der Waals surface area contributed by atoms with E-state index in [0.717, 1.165) is 18.9 Å². The van der Waals surface area contributed by atoms with Gasteiger partial charge in [0.1, 0.15) is 0 Å². The Morgan fingerprint density at radius 2 is 2.06 bits per heavy atom. The molecule has 1 heterocycles. The van der Waals surface area contributed by atoms with E-state index >= 15 is 0 Å². The van der Waals surface area contributed by atoms with Crippen molar-refractivity contribution in [1.82, 2.24) is 0 Å². The number of hydrogen-bond donors (Lipinski definition) is 1. The summed E-state index contributed by atoms with van der Waals surface area (Å²) in [5, 5.41) is 0. The van der Waals surface area contributed by atoms with Gasteiger partial charge in [-0.3, -0.25) is 0 Å². The molecule has 0 radical (unpaired) electrons. The van der Waals surface area contributed by atoms with Crippen LogP contribution >= 0.6 is 15.9 Å². The molecular weight excluding hydrogens is 309 g/mol. The van der Waals surface area contributed by atoms with Gasteiger partial charge < -0.3 is 10.6 Å². The Morgan fingerprint density at radius 3 is 2.67 bits per heavy atom. The molecule has 0 aliphatic carbocycles. The van der Waals surface area contributed by atoms with Crippen LogP contribution in [0.4, 0.5) is 18.9 Å². The number of alkyl halides is 3. The Balaban J connectivity index is 2.37. The second-order valence-corrected chi connectivity index (χ2v) is 5.42. The molecule has 1 aromatic carbocycles. The predicted molar refractivity (Wildman–Crippen MR) is 68.6 cm³/mol. The number of anilines is 1. The van der Waals surface area contributed by atoms with Crippen molar-refractivity contribution in [2.75, 3.05) is 18.0 Å². The minimum Gasteiger partial charge on any atom is -0.369 e. The van der Waals surface area contributed by atoms with Crippen LogP contribution in [-0.2, 0) is 6.18 Å². The fraction of sp³-hybridized carbons (Fsp3) is 0.500. The molecule has 2 rings (SSSR count). The molecule has 0 aromatic heterocycles. The summed E-state index contributed by atoms with van der Waals surface area (Å²) >= 11 is 3.08. The van der Waals surface area contributed by atoms with Crippen molar-refractivity contribution < 1.29 is 13.2 Å². The molecule has 2 N–H and O–H groups in total. The van der Waals surface area contributed by atoms with Gasteiger partial charge in [0.25, 0.3) is 0 Å². The van der Waals surface area contributed by atoms with Crippen LogP contribution in [0.25, 0.3) is 0 Å². The van der Waals surface area contributed by atoms with Gasteiger partial charge in [-0.25, -0.2) is 0 Å². The number of hydrogen-bond acceptors (Lipinski definition) is 2. The predicted octanol–water partition coefficient (Wildman–Crippen LogP) is 3.40. The molecule has 0 bridgehead atoms. The van der Waals surface area contributed by atoms with Crippen molar-refractivity contribution in [2.45, 2.75) is 25.1 Å². The van der Waals surface area contributed by atoms with Crippen molar-refractivity contribution in [3.63, 3.8) is 0 Å². The van der Waals surface area contributed by atoms with Gasteiger partial charge in [-0.2, -0.15) is 13.2 Å². The first-order valence-corrected chi connectivity index (χ1v) is 6.54. The third kappa shape index (κ3) is 2.98. The van der Waals surface area contributed by atoms with Crippen LogP contribution in [0.1, 0.15) is 18.4 Å². The van der Waals surface area contributed by atoms with E-state index in [-0.39, 0.29) is 11.7 Å². The summed E-state index contributed by atoms with van der Waals surface area (Å²) in [6.07, 6.45) is -2.65. The van der Waals surface area contributed by atoms with Gasteiger partial charge in [0.2, 0.25) is 0 Å². The van der Waals surface area contributed by atoms with Gasteiger partial charge in [-0.15, -0.1) is 0 Å². The highest BCUT2D eigenvalue weighted by molar-refractivity contribution is 9.10. The molecule has 2 nitrogen and oxygen atoms in total. The monoisotopic (exact) mass is 322 g/mol. The van der Waals surface area contributed by atoms with Crippen molar-refractivity contribution in [3.05, 3.63) is 28.2 Å². The van der Waals surface area contributed by atoms with E-state index < -0.39 is 11.7 Å². The van der Waals surface area contributed by atoms with Crippen molar-refractivity contribution in [1.29, 1.82) is 0 Å². The molecule has 0 spiro atoms. The number of halogens is 4. The Hall–Kier alpha value is -0.750. The van der Waals surface area contributed by atoms with Crippen LogP contribution in [0, 0.1) is 0 Å². The van der Waals surface area contributed by atoms with E-state index in [1.807, 2.05) is 0 Å². The summed E-state index contributed by atoms with van der Waals surface area (Å²) in [5.74, 6) is 0. The maximum atomic E-state index is 13.0. The van der Waals surface area contributed by atoms with Crippen LogP contribution < -0.4 is 10.6 Å². The van der Waals surface area contributed by atoms with Crippen molar-refractivity contribution in [3.8, 4) is 0 Å². The zero-order valence-corrected chi connectivity index (χ0v) is 11.3. The zero-order chi connectivity index (χ0) is 13.3. The minimum atomic E-state index is -4.35. The summed E-state index contributed by atoms with van der Waals surface area (Å²) in [6.45, 7) is 1.10. The van der Waals surface area contributed by atoms with E-state index in [2.05, 4.69) is 15.9 Å². The summed E-state index contributed by atoms with van der Waals surface area (Å²) in [6, 6.07) is 4.20. The van der Waals surface area contributed by atoms with Gasteiger partial charge in [-0.1, -0.05) is 15.9 Å². The third-order valence-electron chi connectivity index (χ3n) is 3.06. The molecule has 18 heavy (non-hydrogen) atoms. The summed E-state index contributed by atoms with van der Waals surface area (Å²) in [4.78, 5) is 1.73. The van der Waals surface area contributed by atoms with E-state index in [0.29, 0.717) is 17.6 Å². The topological polar surface area (TPSA) is 29.3 Å². The first-order valence-electron chi connectivity index (χ1n) is 5.75. The smallest absolute Gasteiger partial charge is 0.369 e. The quantitative estimate of drug-likeness (QED) is 0.858. The molecular formula is C12H14BrF3N2. The molecule has 1 saturated heterocycles. The van der Waals surface area contributed by atoms with E-state index in [1.165, 1.54) is 6.07 Å². The van der Waals surface area contributed by atoms with Gasteiger partial charge in [-0.05, 0) is 31.0 Å². The number of benzene rings is 1. The van der Waals surface area contributed by atoms with Crippen molar-refractivity contribution in [2.24, 2.45) is 5.73 Å². The Kier molecular flexibility index (Phi) is 3.87. The number of piperidine rings is 1. The largest absolute Gasteiger partial charge is 0.418 e. The summed E-state index contributed by atoms with van der Waals surface area (Å²) in [7, 11) is 0. The Labute approximate surface area is 112 Å². The highest BCUT2D eigenvalue weighted by Gasteiger charge is 2.35. The molecule has 1 fully saturated rings. The Bertz CT molecular complexity index is 434. The van der Waals surface area contributed by atoms with E-state index in [1.54, 1.807) is 11.0 Å². The molecule has 1 atom stereocenters. The lowest BCUT2D eigenvalue weighted by molar-refractivity contribution is -0.137. The summed E-state index contributed by atoms with van der Waals surface area (Å²) in [5.41, 5.74) is 5.44. The number of nitrogens with two attached hydrogens (primary N) is 1.